The number of benzene rings is 1. The fourth-order valence-corrected chi connectivity index (χ4v) is 2.17. The van der Waals surface area contributed by atoms with Gasteiger partial charge >= 0.3 is 0 Å². The van der Waals surface area contributed by atoms with Crippen LogP contribution in [0, 0.1) is 6.33 Å². The van der Waals surface area contributed by atoms with Crippen molar-refractivity contribution in [1.29, 1.82) is 0 Å². The van der Waals surface area contributed by atoms with E-state index in [9.17, 15) is 0 Å². The summed E-state index contributed by atoms with van der Waals surface area (Å²) in [5.74, 6) is 0. The van der Waals surface area contributed by atoms with E-state index in [2.05, 4.69) is 40.6 Å². The van der Waals surface area contributed by atoms with E-state index in [1.54, 1.807) is 0 Å². The lowest BCUT2D eigenvalue weighted by atomic mass is 10.0. The van der Waals surface area contributed by atoms with Gasteiger partial charge in [-0.1, -0.05) is 24.3 Å². The van der Waals surface area contributed by atoms with Gasteiger partial charge in [0, 0.05) is 11.8 Å². The molecule has 0 fully saturated rings. The highest BCUT2D eigenvalue weighted by Crippen LogP contribution is 2.29. The van der Waals surface area contributed by atoms with Crippen molar-refractivity contribution in [1.82, 2.24) is 9.97 Å². The van der Waals surface area contributed by atoms with Crippen LogP contribution in [0.25, 0.3) is 11.3 Å². The summed E-state index contributed by atoms with van der Waals surface area (Å²) in [4.78, 5) is 8.26. The van der Waals surface area contributed by atoms with E-state index in [-0.39, 0.29) is 0 Å². The normalized spacial score (nSPS) is 13.9. The predicted octanol–water partition coefficient (Wildman–Crippen LogP) is 2.43. The smallest absolute Gasteiger partial charge is 0.198 e. The zero-order chi connectivity index (χ0) is 10.1. The van der Waals surface area contributed by atoms with Crippen LogP contribution in [-0.4, -0.2) is 9.97 Å². The molecule has 0 aliphatic heterocycles. The lowest BCUT2D eigenvalue weighted by Gasteiger charge is -2.05. The van der Waals surface area contributed by atoms with E-state index < -0.39 is 0 Å². The molecule has 1 radical (unpaired) electrons. The molecule has 15 heavy (non-hydrogen) atoms. The van der Waals surface area contributed by atoms with Crippen LogP contribution < -0.4 is 0 Å². The van der Waals surface area contributed by atoms with Crippen molar-refractivity contribution < 1.29 is 0 Å². The molecule has 0 amide bonds. The molecule has 1 aromatic carbocycles. The molecule has 0 bridgehead atoms. The largest absolute Gasteiger partial charge is 0.233 e. The second kappa shape index (κ2) is 3.46. The van der Waals surface area contributed by atoms with Gasteiger partial charge < -0.3 is 0 Å². The number of aromatic nitrogens is 2. The quantitative estimate of drug-likeness (QED) is 0.645. The maximum absolute atomic E-state index is 4.28. The standard InChI is InChI=1S/C13H11N2/c1-2-7-12-10(4-1)5-3-6-11-8-14-9-15-13(11)12/h1-2,4,7-8H,3,5-6H2. The Morgan fingerprint density at radius 3 is 2.93 bits per heavy atom. The van der Waals surface area contributed by atoms with Crippen LogP contribution in [0.4, 0.5) is 0 Å². The second-order valence-corrected chi connectivity index (χ2v) is 3.85. The van der Waals surface area contributed by atoms with Gasteiger partial charge in [-0.15, -0.1) is 0 Å². The van der Waals surface area contributed by atoms with Gasteiger partial charge in [0.05, 0.1) is 5.69 Å². The second-order valence-electron chi connectivity index (χ2n) is 3.85. The molecule has 0 saturated heterocycles. The topological polar surface area (TPSA) is 25.8 Å². The van der Waals surface area contributed by atoms with Crippen molar-refractivity contribution in [2.45, 2.75) is 19.3 Å². The summed E-state index contributed by atoms with van der Waals surface area (Å²) in [6.07, 6.45) is 7.96. The highest BCUT2D eigenvalue weighted by molar-refractivity contribution is 5.67. The van der Waals surface area contributed by atoms with Crippen LogP contribution in [0.5, 0.6) is 0 Å². The Hall–Kier alpha value is -1.70. The molecule has 1 aliphatic carbocycles. The minimum Gasteiger partial charge on any atom is -0.233 e. The Balaban J connectivity index is 2.27. The first-order valence-corrected chi connectivity index (χ1v) is 5.25. The highest BCUT2D eigenvalue weighted by Gasteiger charge is 2.14. The van der Waals surface area contributed by atoms with Crippen molar-refractivity contribution in [3.8, 4) is 11.3 Å². The lowest BCUT2D eigenvalue weighted by molar-refractivity contribution is 0.828. The molecule has 0 atom stereocenters. The van der Waals surface area contributed by atoms with Gasteiger partial charge in [0.25, 0.3) is 0 Å². The average Bonchev–Trinajstić information content (AvgIpc) is 2.48. The fourth-order valence-electron chi connectivity index (χ4n) is 2.17. The van der Waals surface area contributed by atoms with Gasteiger partial charge in [0.2, 0.25) is 0 Å². The van der Waals surface area contributed by atoms with Gasteiger partial charge in [0.15, 0.2) is 6.33 Å². The molecule has 0 unspecified atom stereocenters. The van der Waals surface area contributed by atoms with E-state index in [0.29, 0.717) is 0 Å². The van der Waals surface area contributed by atoms with Crippen molar-refractivity contribution in [2.75, 3.05) is 0 Å². The van der Waals surface area contributed by atoms with Gasteiger partial charge in [-0.2, -0.15) is 0 Å². The van der Waals surface area contributed by atoms with Crippen LogP contribution in [-0.2, 0) is 12.8 Å². The lowest BCUT2D eigenvalue weighted by Crippen LogP contribution is -1.92. The number of hydrogen-bond acceptors (Lipinski definition) is 2. The zero-order valence-electron chi connectivity index (χ0n) is 8.40. The molecule has 73 valence electrons. The predicted molar refractivity (Wildman–Crippen MR) is 58.3 cm³/mol. The third-order valence-corrected chi connectivity index (χ3v) is 2.91. The van der Waals surface area contributed by atoms with Crippen molar-refractivity contribution in [3.05, 3.63) is 47.9 Å². The van der Waals surface area contributed by atoms with Crippen molar-refractivity contribution in [2.24, 2.45) is 0 Å². The monoisotopic (exact) mass is 195 g/mol. The van der Waals surface area contributed by atoms with E-state index >= 15 is 0 Å². The number of hydrogen-bond donors (Lipinski definition) is 0. The molecule has 1 aliphatic rings. The molecule has 0 spiro atoms. The van der Waals surface area contributed by atoms with E-state index in [4.69, 9.17) is 0 Å². The summed E-state index contributed by atoms with van der Waals surface area (Å²) < 4.78 is 0. The SMILES string of the molecule is [c]1ncc2c(n1)-c1ccccc1CCC2. The van der Waals surface area contributed by atoms with Gasteiger partial charge in [-0.05, 0) is 30.4 Å². The van der Waals surface area contributed by atoms with E-state index in [1.807, 2.05) is 6.20 Å². The molecule has 0 saturated carbocycles. The summed E-state index contributed by atoms with van der Waals surface area (Å²) in [7, 11) is 0. The molecule has 3 rings (SSSR count). The first kappa shape index (κ1) is 8.60. The third-order valence-electron chi connectivity index (χ3n) is 2.91. The minimum absolute atomic E-state index is 1.07. The molecular weight excluding hydrogens is 184 g/mol. The van der Waals surface area contributed by atoms with E-state index in [1.165, 1.54) is 23.1 Å². The first-order valence-electron chi connectivity index (χ1n) is 5.25. The summed E-state index contributed by atoms with van der Waals surface area (Å²) >= 11 is 0. The van der Waals surface area contributed by atoms with Crippen molar-refractivity contribution >= 4 is 0 Å². The maximum atomic E-state index is 4.28. The molecule has 0 N–H and O–H groups in total. The average molecular weight is 195 g/mol. The zero-order valence-corrected chi connectivity index (χ0v) is 8.40. The first-order chi connectivity index (χ1) is 7.45. The molecule has 1 heterocycles. The van der Waals surface area contributed by atoms with Crippen LogP contribution in [0.2, 0.25) is 0 Å². The summed E-state index contributed by atoms with van der Waals surface area (Å²) in [6.45, 7) is 0. The summed E-state index contributed by atoms with van der Waals surface area (Å²) in [5, 5.41) is 0. The molecule has 2 heteroatoms. The van der Waals surface area contributed by atoms with Crippen LogP contribution in [0.1, 0.15) is 17.5 Å². The molecule has 1 aromatic heterocycles. The highest BCUT2D eigenvalue weighted by atomic mass is 14.8. The maximum Gasteiger partial charge on any atom is 0.198 e. The van der Waals surface area contributed by atoms with Crippen LogP contribution in [0.15, 0.2) is 30.5 Å². The van der Waals surface area contributed by atoms with Crippen LogP contribution >= 0.6 is 0 Å². The third kappa shape index (κ3) is 1.42. The van der Waals surface area contributed by atoms with Gasteiger partial charge in [-0.25, -0.2) is 9.97 Å². The van der Waals surface area contributed by atoms with Crippen LogP contribution in [0.3, 0.4) is 0 Å². The fraction of sp³-hybridized carbons (Fsp3) is 0.231. The number of fused-ring (bicyclic) bond motifs is 3. The minimum atomic E-state index is 1.07. The molecule has 2 aromatic rings. The Bertz CT molecular complexity index is 446. The number of aryl methyl sites for hydroxylation is 2. The van der Waals surface area contributed by atoms with E-state index in [0.717, 1.165) is 18.5 Å². The Labute approximate surface area is 89.0 Å². The Kier molecular flexibility index (Phi) is 1.98. The number of rotatable bonds is 0. The Morgan fingerprint density at radius 1 is 1.07 bits per heavy atom. The van der Waals surface area contributed by atoms with Crippen molar-refractivity contribution in [3.63, 3.8) is 0 Å². The summed E-state index contributed by atoms with van der Waals surface area (Å²) in [5.41, 5.74) is 4.96. The van der Waals surface area contributed by atoms with Gasteiger partial charge in [0.1, 0.15) is 0 Å². The molecule has 2 nitrogen and oxygen atoms in total. The summed E-state index contributed by atoms with van der Waals surface area (Å²) in [6, 6.07) is 8.48. The molecular formula is C13H11N2. The number of nitrogens with zero attached hydrogens (tertiary/aromatic N) is 2. The van der Waals surface area contributed by atoms with Gasteiger partial charge in [-0.3, -0.25) is 0 Å². The Morgan fingerprint density at radius 2 is 1.93 bits per heavy atom.